The molecular weight excluding hydrogens is 370 g/mol. The average molecular weight is 396 g/mol. The summed E-state index contributed by atoms with van der Waals surface area (Å²) in [5.41, 5.74) is 2.36. The van der Waals surface area contributed by atoms with Gasteiger partial charge in [-0.15, -0.1) is 11.8 Å². The molecule has 0 fully saturated rings. The van der Waals surface area contributed by atoms with Crippen LogP contribution in [0.4, 0.5) is 0 Å². The number of nitrogens with zero attached hydrogens (tertiary/aromatic N) is 1. The highest BCUT2D eigenvalue weighted by atomic mass is 35.5. The highest BCUT2D eigenvalue weighted by Crippen LogP contribution is 2.31. The number of carbonyl (C=O) groups excluding carboxylic acids is 1. The number of oxime groups is 1. The number of benzene rings is 1. The molecule has 0 spiro atoms. The van der Waals surface area contributed by atoms with E-state index in [-0.39, 0.29) is 12.4 Å². The Morgan fingerprint density at radius 2 is 2.27 bits per heavy atom. The third-order valence-electron chi connectivity index (χ3n) is 4.43. The Morgan fingerprint density at radius 3 is 2.96 bits per heavy atom. The van der Waals surface area contributed by atoms with Crippen LogP contribution >= 0.6 is 23.4 Å². The van der Waals surface area contributed by atoms with Gasteiger partial charge in [-0.1, -0.05) is 28.9 Å². The molecule has 6 heteroatoms. The minimum Gasteiger partial charge on any atom is -0.396 e. The highest BCUT2D eigenvalue weighted by Gasteiger charge is 2.22. The largest absolute Gasteiger partial charge is 0.396 e. The van der Waals surface area contributed by atoms with Crippen LogP contribution < -0.4 is 0 Å². The molecular formula is C20H26ClNO3S. The summed E-state index contributed by atoms with van der Waals surface area (Å²) < 4.78 is 0. The van der Waals surface area contributed by atoms with Gasteiger partial charge in [0.1, 0.15) is 6.61 Å². The van der Waals surface area contributed by atoms with Gasteiger partial charge in [-0.3, -0.25) is 4.79 Å². The number of allylic oxidation sites excluding steroid dienone is 2. The SMILES string of the molecule is CCON=C(CO)CC1=CCC(CCSc2cccc(Cl)c2C)CC1=O. The lowest BCUT2D eigenvalue weighted by atomic mass is 9.85. The van der Waals surface area contributed by atoms with E-state index in [1.165, 1.54) is 4.90 Å². The van der Waals surface area contributed by atoms with Gasteiger partial charge in [0.15, 0.2) is 5.78 Å². The Labute approximate surface area is 164 Å². The monoisotopic (exact) mass is 395 g/mol. The Balaban J connectivity index is 1.84. The van der Waals surface area contributed by atoms with Gasteiger partial charge in [-0.05, 0) is 61.6 Å². The lowest BCUT2D eigenvalue weighted by Gasteiger charge is -2.21. The van der Waals surface area contributed by atoms with E-state index in [9.17, 15) is 9.90 Å². The molecule has 26 heavy (non-hydrogen) atoms. The number of halogens is 1. The van der Waals surface area contributed by atoms with E-state index in [1.807, 2.05) is 32.1 Å². The lowest BCUT2D eigenvalue weighted by molar-refractivity contribution is -0.116. The first kappa shape index (κ1) is 21.0. The quantitative estimate of drug-likeness (QED) is 0.370. The first-order chi connectivity index (χ1) is 12.5. The minimum absolute atomic E-state index is 0.155. The number of ketones is 1. The normalized spacial score (nSPS) is 18.0. The molecule has 2 rings (SSSR count). The molecule has 0 saturated heterocycles. The summed E-state index contributed by atoms with van der Waals surface area (Å²) in [5, 5.41) is 14.0. The van der Waals surface area contributed by atoms with Gasteiger partial charge in [0.25, 0.3) is 0 Å². The summed E-state index contributed by atoms with van der Waals surface area (Å²) in [6.07, 6.45) is 4.82. The van der Waals surface area contributed by atoms with E-state index in [1.54, 1.807) is 11.8 Å². The smallest absolute Gasteiger partial charge is 0.159 e. The molecule has 1 aliphatic rings. The summed E-state index contributed by atoms with van der Waals surface area (Å²) >= 11 is 7.95. The maximum atomic E-state index is 12.4. The van der Waals surface area contributed by atoms with E-state index < -0.39 is 0 Å². The summed E-state index contributed by atoms with van der Waals surface area (Å²) in [4.78, 5) is 18.6. The third-order valence-corrected chi connectivity index (χ3v) is 6.03. The van der Waals surface area contributed by atoms with Crippen LogP contribution in [0, 0.1) is 12.8 Å². The molecule has 0 aliphatic heterocycles. The molecule has 0 heterocycles. The molecule has 4 nitrogen and oxygen atoms in total. The predicted molar refractivity (Wildman–Crippen MR) is 108 cm³/mol. The second-order valence-corrected chi connectivity index (χ2v) is 7.91. The van der Waals surface area contributed by atoms with Gasteiger partial charge >= 0.3 is 0 Å². The molecule has 1 aromatic carbocycles. The van der Waals surface area contributed by atoms with Crippen molar-refractivity contribution >= 4 is 34.9 Å². The number of rotatable bonds is 9. The van der Waals surface area contributed by atoms with Crippen molar-refractivity contribution < 1.29 is 14.7 Å². The zero-order valence-electron chi connectivity index (χ0n) is 15.3. The molecule has 1 aliphatic carbocycles. The van der Waals surface area contributed by atoms with Crippen LogP contribution in [0.2, 0.25) is 5.02 Å². The number of hydrogen-bond donors (Lipinski definition) is 1. The molecule has 0 aromatic heterocycles. The standard InChI is InChI=1S/C20H26ClNO3S/c1-3-25-22-17(13-23)12-16-8-7-15(11-19(16)24)9-10-26-20-6-4-5-18(21)14(20)2/h4-6,8,15,23H,3,7,9-13H2,1-2H3. The lowest BCUT2D eigenvalue weighted by Crippen LogP contribution is -2.19. The van der Waals surface area contributed by atoms with Crippen LogP contribution in [0.1, 0.15) is 38.2 Å². The molecule has 0 radical (unpaired) electrons. The summed E-state index contributed by atoms with van der Waals surface area (Å²) in [5.74, 6) is 1.50. The van der Waals surface area contributed by atoms with Crippen LogP contribution in [0.5, 0.6) is 0 Å². The summed E-state index contributed by atoms with van der Waals surface area (Å²) in [6, 6.07) is 5.96. The van der Waals surface area contributed by atoms with E-state index in [2.05, 4.69) is 11.2 Å². The first-order valence-corrected chi connectivity index (χ1v) is 10.3. The fourth-order valence-corrected chi connectivity index (χ4v) is 4.27. The van der Waals surface area contributed by atoms with Crippen molar-refractivity contribution in [2.45, 2.75) is 44.4 Å². The average Bonchev–Trinajstić information content (AvgIpc) is 2.63. The Morgan fingerprint density at radius 1 is 1.46 bits per heavy atom. The van der Waals surface area contributed by atoms with Gasteiger partial charge in [-0.2, -0.15) is 0 Å². The first-order valence-electron chi connectivity index (χ1n) is 8.93. The molecule has 1 N–H and O–H groups in total. The van der Waals surface area contributed by atoms with Crippen LogP contribution in [0.25, 0.3) is 0 Å². The number of carbonyl (C=O) groups is 1. The molecule has 1 aromatic rings. The van der Waals surface area contributed by atoms with Crippen molar-refractivity contribution in [2.24, 2.45) is 11.1 Å². The van der Waals surface area contributed by atoms with E-state index in [0.717, 1.165) is 34.8 Å². The van der Waals surface area contributed by atoms with Crippen molar-refractivity contribution in [2.75, 3.05) is 19.0 Å². The Kier molecular flexibility index (Phi) is 8.69. The minimum atomic E-state index is -0.191. The predicted octanol–water partition coefficient (Wildman–Crippen LogP) is 4.81. The zero-order valence-corrected chi connectivity index (χ0v) is 16.9. The molecule has 0 saturated carbocycles. The van der Waals surface area contributed by atoms with Gasteiger partial charge in [-0.25, -0.2) is 0 Å². The number of hydrogen-bond acceptors (Lipinski definition) is 5. The van der Waals surface area contributed by atoms with Crippen molar-refractivity contribution in [1.82, 2.24) is 0 Å². The molecule has 1 atom stereocenters. The van der Waals surface area contributed by atoms with Gasteiger partial charge in [0, 0.05) is 22.8 Å². The number of thioether (sulfide) groups is 1. The Bertz CT molecular complexity index is 688. The third kappa shape index (κ3) is 6.15. The van der Waals surface area contributed by atoms with Crippen molar-refractivity contribution in [1.29, 1.82) is 0 Å². The van der Waals surface area contributed by atoms with Crippen LogP contribution in [0.15, 0.2) is 39.9 Å². The van der Waals surface area contributed by atoms with Gasteiger partial charge in [0.2, 0.25) is 0 Å². The Hall–Kier alpha value is -1.30. The van der Waals surface area contributed by atoms with Crippen LogP contribution in [-0.2, 0) is 9.63 Å². The summed E-state index contributed by atoms with van der Waals surface area (Å²) in [6.45, 7) is 4.12. The van der Waals surface area contributed by atoms with E-state index in [0.29, 0.717) is 31.1 Å². The highest BCUT2D eigenvalue weighted by molar-refractivity contribution is 7.99. The fraction of sp³-hybridized carbons (Fsp3) is 0.500. The second-order valence-electron chi connectivity index (χ2n) is 6.37. The van der Waals surface area contributed by atoms with E-state index >= 15 is 0 Å². The van der Waals surface area contributed by atoms with Crippen molar-refractivity contribution in [3.8, 4) is 0 Å². The molecule has 142 valence electrons. The zero-order chi connectivity index (χ0) is 18.9. The number of Topliss-reactive ketones (excluding diaryl/α,β-unsaturated/α-hetero) is 1. The van der Waals surface area contributed by atoms with Gasteiger partial charge < -0.3 is 9.94 Å². The topological polar surface area (TPSA) is 58.9 Å². The van der Waals surface area contributed by atoms with E-state index in [4.69, 9.17) is 16.4 Å². The second kappa shape index (κ2) is 10.8. The number of aliphatic hydroxyl groups is 1. The van der Waals surface area contributed by atoms with Crippen molar-refractivity contribution in [3.05, 3.63) is 40.4 Å². The fourth-order valence-electron chi connectivity index (χ4n) is 2.86. The van der Waals surface area contributed by atoms with Crippen LogP contribution in [0.3, 0.4) is 0 Å². The van der Waals surface area contributed by atoms with Crippen LogP contribution in [-0.4, -0.2) is 35.6 Å². The molecule has 0 amide bonds. The van der Waals surface area contributed by atoms with Crippen molar-refractivity contribution in [3.63, 3.8) is 0 Å². The van der Waals surface area contributed by atoms with Gasteiger partial charge in [0.05, 0.1) is 12.3 Å². The maximum Gasteiger partial charge on any atom is 0.159 e. The number of aliphatic hydroxyl groups excluding tert-OH is 1. The molecule has 1 unspecified atom stereocenters. The maximum absolute atomic E-state index is 12.4. The molecule has 0 bridgehead atoms. The summed E-state index contributed by atoms with van der Waals surface area (Å²) in [7, 11) is 0.